The zero-order valence-electron chi connectivity index (χ0n) is 14.7. The summed E-state index contributed by atoms with van der Waals surface area (Å²) in [5, 5.41) is 3.68. The summed E-state index contributed by atoms with van der Waals surface area (Å²) in [6.45, 7) is 15.5. The molecule has 1 fully saturated rings. The summed E-state index contributed by atoms with van der Waals surface area (Å²) in [6.07, 6.45) is 7.64. The maximum Gasteiger partial charge on any atom is 0.0806 e. The van der Waals surface area contributed by atoms with E-state index in [0.29, 0.717) is 0 Å². The summed E-state index contributed by atoms with van der Waals surface area (Å²) < 4.78 is 6.41. The Hall–Kier alpha value is -0.0800. The summed E-state index contributed by atoms with van der Waals surface area (Å²) in [5.74, 6) is 1.65. The first-order valence-corrected chi connectivity index (χ1v) is 8.65. The third-order valence-electron chi connectivity index (χ3n) is 4.64. The summed E-state index contributed by atoms with van der Waals surface area (Å²) in [7, 11) is 0. The molecule has 0 heterocycles. The predicted octanol–water partition coefficient (Wildman–Crippen LogP) is 4.78. The molecule has 0 unspecified atom stereocenters. The van der Waals surface area contributed by atoms with E-state index in [1.807, 2.05) is 0 Å². The molecule has 0 aromatic heterocycles. The highest BCUT2D eigenvalue weighted by Crippen LogP contribution is 2.36. The van der Waals surface area contributed by atoms with Gasteiger partial charge in [-0.2, -0.15) is 0 Å². The summed E-state index contributed by atoms with van der Waals surface area (Å²) in [4.78, 5) is 0. The topological polar surface area (TPSA) is 21.3 Å². The normalized spacial score (nSPS) is 28.1. The minimum Gasteiger partial charge on any atom is -0.374 e. The lowest BCUT2D eigenvalue weighted by Gasteiger charge is -2.42. The molecule has 2 nitrogen and oxygen atoms in total. The zero-order chi connectivity index (χ0) is 15.2. The lowest BCUT2D eigenvalue weighted by atomic mass is 9.77. The van der Waals surface area contributed by atoms with Crippen molar-refractivity contribution >= 4 is 0 Å². The molecule has 1 rings (SSSR count). The van der Waals surface area contributed by atoms with Crippen LogP contribution >= 0.6 is 0 Å². The Morgan fingerprint density at radius 2 is 1.80 bits per heavy atom. The maximum atomic E-state index is 6.41. The van der Waals surface area contributed by atoms with Gasteiger partial charge in [-0.3, -0.25) is 0 Å². The molecule has 0 aliphatic heterocycles. The lowest BCUT2D eigenvalue weighted by Crippen LogP contribution is -2.51. The van der Waals surface area contributed by atoms with Gasteiger partial charge in [-0.25, -0.2) is 0 Å². The first-order valence-electron chi connectivity index (χ1n) is 8.65. The van der Waals surface area contributed by atoms with Crippen LogP contribution in [-0.2, 0) is 4.74 Å². The van der Waals surface area contributed by atoms with Crippen molar-refractivity contribution in [2.75, 3.05) is 13.2 Å². The van der Waals surface area contributed by atoms with E-state index < -0.39 is 0 Å². The first kappa shape index (κ1) is 18.0. The monoisotopic (exact) mass is 283 g/mol. The fraction of sp³-hybridized carbons (Fsp3) is 1.00. The number of nitrogens with one attached hydrogen (secondary N) is 1. The molecule has 1 aliphatic rings. The van der Waals surface area contributed by atoms with Crippen molar-refractivity contribution in [1.82, 2.24) is 5.32 Å². The van der Waals surface area contributed by atoms with E-state index in [0.717, 1.165) is 25.0 Å². The molecule has 0 saturated heterocycles. The Morgan fingerprint density at radius 3 is 2.25 bits per heavy atom. The van der Waals surface area contributed by atoms with Gasteiger partial charge in [-0.05, 0) is 64.7 Å². The Kier molecular flexibility index (Phi) is 7.00. The van der Waals surface area contributed by atoms with Crippen molar-refractivity contribution in [2.24, 2.45) is 11.8 Å². The number of rotatable bonds is 7. The van der Waals surface area contributed by atoms with E-state index in [4.69, 9.17) is 4.74 Å². The van der Waals surface area contributed by atoms with Crippen LogP contribution in [0.15, 0.2) is 0 Å². The van der Waals surface area contributed by atoms with Gasteiger partial charge in [0.25, 0.3) is 0 Å². The molecule has 0 radical (unpaired) electrons. The van der Waals surface area contributed by atoms with Gasteiger partial charge in [0.15, 0.2) is 0 Å². The highest BCUT2D eigenvalue weighted by molar-refractivity contribution is 4.91. The lowest BCUT2D eigenvalue weighted by molar-refractivity contribution is -0.0821. The van der Waals surface area contributed by atoms with Gasteiger partial charge in [0.2, 0.25) is 0 Å². The molecule has 1 saturated carbocycles. The van der Waals surface area contributed by atoms with Gasteiger partial charge < -0.3 is 10.1 Å². The van der Waals surface area contributed by atoms with Crippen molar-refractivity contribution in [2.45, 2.75) is 91.2 Å². The second-order valence-corrected chi connectivity index (χ2v) is 8.17. The molecule has 20 heavy (non-hydrogen) atoms. The second-order valence-electron chi connectivity index (χ2n) is 8.17. The van der Waals surface area contributed by atoms with Crippen molar-refractivity contribution < 1.29 is 4.74 Å². The van der Waals surface area contributed by atoms with Crippen LogP contribution in [0.25, 0.3) is 0 Å². The van der Waals surface area contributed by atoms with Crippen LogP contribution in [-0.4, -0.2) is 24.3 Å². The van der Waals surface area contributed by atoms with Gasteiger partial charge in [-0.1, -0.05) is 27.2 Å². The van der Waals surface area contributed by atoms with Crippen molar-refractivity contribution in [3.8, 4) is 0 Å². The minimum absolute atomic E-state index is 0.0911. The molecule has 0 spiro atoms. The van der Waals surface area contributed by atoms with Crippen LogP contribution in [0.2, 0.25) is 0 Å². The predicted molar refractivity (Wildman–Crippen MR) is 88.1 cm³/mol. The van der Waals surface area contributed by atoms with Gasteiger partial charge in [0.05, 0.1) is 5.60 Å². The van der Waals surface area contributed by atoms with Crippen LogP contribution in [0, 0.1) is 11.8 Å². The summed E-state index contributed by atoms with van der Waals surface area (Å²) >= 11 is 0. The van der Waals surface area contributed by atoms with Crippen molar-refractivity contribution in [3.63, 3.8) is 0 Å². The Labute approximate surface area is 127 Å². The molecule has 1 N–H and O–H groups in total. The molecular formula is C18H37NO. The van der Waals surface area contributed by atoms with E-state index in [2.05, 4.69) is 46.9 Å². The van der Waals surface area contributed by atoms with E-state index in [9.17, 15) is 0 Å². The van der Waals surface area contributed by atoms with Gasteiger partial charge in [-0.15, -0.1) is 0 Å². The van der Waals surface area contributed by atoms with Gasteiger partial charge >= 0.3 is 0 Å². The van der Waals surface area contributed by atoms with Crippen molar-refractivity contribution in [1.29, 1.82) is 0 Å². The van der Waals surface area contributed by atoms with Crippen molar-refractivity contribution in [3.05, 3.63) is 0 Å². The largest absolute Gasteiger partial charge is 0.374 e. The summed E-state index contributed by atoms with van der Waals surface area (Å²) in [6, 6.07) is 0. The highest BCUT2D eigenvalue weighted by atomic mass is 16.5. The van der Waals surface area contributed by atoms with Crippen LogP contribution < -0.4 is 5.32 Å². The third kappa shape index (κ3) is 6.58. The quantitative estimate of drug-likeness (QED) is 0.726. The molecule has 0 bridgehead atoms. The van der Waals surface area contributed by atoms with Gasteiger partial charge in [0, 0.05) is 18.7 Å². The molecule has 2 heteroatoms. The minimum atomic E-state index is 0.0911. The molecular weight excluding hydrogens is 246 g/mol. The number of hydrogen-bond acceptors (Lipinski definition) is 2. The third-order valence-corrected chi connectivity index (χ3v) is 4.64. The number of hydrogen-bond donors (Lipinski definition) is 1. The maximum absolute atomic E-state index is 6.41. The average molecular weight is 284 g/mol. The Balaban J connectivity index is 2.54. The zero-order valence-corrected chi connectivity index (χ0v) is 14.7. The van der Waals surface area contributed by atoms with Crippen LogP contribution in [0.5, 0.6) is 0 Å². The fourth-order valence-electron chi connectivity index (χ4n) is 2.92. The van der Waals surface area contributed by atoms with E-state index >= 15 is 0 Å². The van der Waals surface area contributed by atoms with E-state index in [-0.39, 0.29) is 11.1 Å². The number of ether oxygens (including phenoxy) is 1. The molecule has 0 aromatic carbocycles. The Morgan fingerprint density at radius 1 is 1.20 bits per heavy atom. The summed E-state index contributed by atoms with van der Waals surface area (Å²) in [5.41, 5.74) is 0.268. The second kappa shape index (κ2) is 7.79. The fourth-order valence-corrected chi connectivity index (χ4v) is 2.92. The van der Waals surface area contributed by atoms with Crippen LogP contribution in [0.3, 0.4) is 0 Å². The van der Waals surface area contributed by atoms with E-state index in [1.165, 1.54) is 38.5 Å². The molecule has 0 aromatic rings. The molecule has 1 aliphatic carbocycles. The SMILES string of the molecule is CCC1CCC(CNC(C)(C)C)(OCCC(C)C)CC1. The standard InChI is InChI=1S/C18H37NO/c1-7-16-8-11-18(12-9-16,14-19-17(4,5)6)20-13-10-15(2)3/h15-16,19H,7-14H2,1-6H3. The molecule has 0 amide bonds. The van der Waals surface area contributed by atoms with Gasteiger partial charge in [0.1, 0.15) is 0 Å². The Bertz CT molecular complexity index is 259. The smallest absolute Gasteiger partial charge is 0.0806 e. The average Bonchev–Trinajstić information content (AvgIpc) is 2.36. The van der Waals surface area contributed by atoms with E-state index in [1.54, 1.807) is 0 Å². The first-order chi connectivity index (χ1) is 9.26. The van der Waals surface area contributed by atoms with Crippen LogP contribution in [0.4, 0.5) is 0 Å². The molecule has 0 atom stereocenters. The highest BCUT2D eigenvalue weighted by Gasteiger charge is 2.36. The molecule has 120 valence electrons. The van der Waals surface area contributed by atoms with Crippen LogP contribution in [0.1, 0.15) is 80.1 Å².